The van der Waals surface area contributed by atoms with E-state index in [2.05, 4.69) is 0 Å². The molecule has 3 nitrogen and oxygen atoms in total. The molecule has 0 N–H and O–H groups in total. The van der Waals surface area contributed by atoms with Crippen LogP contribution in [0.3, 0.4) is 0 Å². The topological polar surface area (TPSA) is 35.5 Å². The Morgan fingerprint density at radius 2 is 1.92 bits per heavy atom. The summed E-state index contributed by atoms with van der Waals surface area (Å²) in [5.41, 5.74) is 1.85. The third-order valence-electron chi connectivity index (χ3n) is 4.51. The molecule has 0 aliphatic carbocycles. The fourth-order valence-corrected chi connectivity index (χ4v) is 4.70. The van der Waals surface area contributed by atoms with Gasteiger partial charge in [-0.1, -0.05) is 30.3 Å². The van der Waals surface area contributed by atoms with Crippen LogP contribution in [0.4, 0.5) is 4.39 Å². The number of hydrogen-bond acceptors (Lipinski definition) is 3. The van der Waals surface area contributed by atoms with Gasteiger partial charge in [0.25, 0.3) is 0 Å². The minimum absolute atomic E-state index is 0.0865. The van der Waals surface area contributed by atoms with Crippen LogP contribution in [0.5, 0.6) is 5.75 Å². The Labute approximate surface area is 158 Å². The summed E-state index contributed by atoms with van der Waals surface area (Å²) in [5.74, 6) is 0.374. The van der Waals surface area contributed by atoms with Crippen LogP contribution in [0.2, 0.25) is 0 Å². The van der Waals surface area contributed by atoms with Crippen LogP contribution >= 0.6 is 0 Å². The molecule has 1 fully saturated rings. The zero-order chi connectivity index (χ0) is 18.7. The summed E-state index contributed by atoms with van der Waals surface area (Å²) in [6.07, 6.45) is 1.80. The predicted octanol–water partition coefficient (Wildman–Crippen LogP) is 5.00. The molecule has 0 bridgehead atoms. The first kappa shape index (κ1) is 19.2. The molecule has 2 aromatic carbocycles. The van der Waals surface area contributed by atoms with Crippen LogP contribution in [-0.4, -0.2) is 20.1 Å². The largest absolute Gasteiger partial charge is 0.597 e. The first-order chi connectivity index (χ1) is 12.4. The van der Waals surface area contributed by atoms with E-state index < -0.39 is 11.4 Å². The first-order valence-electron chi connectivity index (χ1n) is 9.01. The van der Waals surface area contributed by atoms with Crippen molar-refractivity contribution in [2.75, 3.05) is 6.54 Å². The fourth-order valence-electron chi connectivity index (χ4n) is 3.25. The second-order valence-corrected chi connectivity index (χ2v) is 9.81. The fraction of sp³-hybridized carbons (Fsp3) is 0.429. The smallest absolute Gasteiger partial charge is 0.137 e. The quantitative estimate of drug-likeness (QED) is 0.690. The van der Waals surface area contributed by atoms with Gasteiger partial charge in [0.15, 0.2) is 0 Å². The van der Waals surface area contributed by atoms with Gasteiger partial charge in [-0.2, -0.15) is 0 Å². The average Bonchev–Trinajstić information content (AvgIpc) is 3.09. The number of hydrogen-bond donors (Lipinski definition) is 0. The number of nitrogens with zero attached hydrogens (tertiary/aromatic N) is 1. The number of benzene rings is 2. The van der Waals surface area contributed by atoms with Crippen molar-refractivity contribution in [3.8, 4) is 5.75 Å². The maximum absolute atomic E-state index is 14.0. The molecule has 1 aliphatic rings. The first-order valence-corrected chi connectivity index (χ1v) is 10.1. The molecule has 0 radical (unpaired) electrons. The van der Waals surface area contributed by atoms with Gasteiger partial charge < -0.3 is 9.29 Å². The van der Waals surface area contributed by atoms with Crippen molar-refractivity contribution < 1.29 is 13.7 Å². The Morgan fingerprint density at radius 1 is 1.19 bits per heavy atom. The molecule has 1 saturated heterocycles. The van der Waals surface area contributed by atoms with Gasteiger partial charge in [0.05, 0.1) is 6.04 Å². The number of halogens is 1. The van der Waals surface area contributed by atoms with Gasteiger partial charge in [0.2, 0.25) is 0 Å². The Morgan fingerprint density at radius 3 is 2.62 bits per heavy atom. The second kappa shape index (κ2) is 7.99. The van der Waals surface area contributed by atoms with E-state index in [9.17, 15) is 8.94 Å². The van der Waals surface area contributed by atoms with Gasteiger partial charge in [-0.3, -0.25) is 0 Å². The van der Waals surface area contributed by atoms with E-state index in [1.54, 1.807) is 6.07 Å². The lowest BCUT2D eigenvalue weighted by Gasteiger charge is -2.34. The van der Waals surface area contributed by atoms with Crippen molar-refractivity contribution in [1.82, 2.24) is 4.31 Å². The minimum Gasteiger partial charge on any atom is -0.597 e. The lowest BCUT2D eigenvalue weighted by atomic mass is 10.0. The maximum Gasteiger partial charge on any atom is 0.137 e. The Hall–Kier alpha value is -1.56. The highest BCUT2D eigenvalue weighted by Gasteiger charge is 2.42. The molecular weight excluding hydrogens is 349 g/mol. The summed E-state index contributed by atoms with van der Waals surface area (Å²) in [7, 11) is 0. The van der Waals surface area contributed by atoms with Crippen molar-refractivity contribution in [3.05, 3.63) is 65.5 Å². The second-order valence-electron chi connectivity index (χ2n) is 7.62. The van der Waals surface area contributed by atoms with Crippen molar-refractivity contribution in [1.29, 1.82) is 0 Å². The normalized spacial score (nSPS) is 19.5. The van der Waals surface area contributed by atoms with E-state index in [0.29, 0.717) is 12.4 Å². The summed E-state index contributed by atoms with van der Waals surface area (Å²) in [5, 5.41) is 0. The van der Waals surface area contributed by atoms with E-state index in [1.165, 1.54) is 12.1 Å². The van der Waals surface area contributed by atoms with Gasteiger partial charge in [-0.05, 0) is 57.4 Å². The predicted molar refractivity (Wildman–Crippen MR) is 104 cm³/mol. The highest BCUT2D eigenvalue weighted by Crippen LogP contribution is 2.41. The van der Waals surface area contributed by atoms with E-state index in [-0.39, 0.29) is 16.6 Å². The summed E-state index contributed by atoms with van der Waals surface area (Å²) < 4.78 is 34.6. The lowest BCUT2D eigenvalue weighted by molar-refractivity contribution is 0.291. The third kappa shape index (κ3) is 4.40. The van der Waals surface area contributed by atoms with Gasteiger partial charge in [0.1, 0.15) is 22.9 Å². The zero-order valence-corrected chi connectivity index (χ0v) is 16.4. The molecule has 2 aromatic rings. The molecular formula is C21H26FNO2S. The molecule has 0 aromatic heterocycles. The van der Waals surface area contributed by atoms with Crippen LogP contribution in [0.15, 0.2) is 48.5 Å². The van der Waals surface area contributed by atoms with E-state index in [1.807, 2.05) is 55.4 Å². The minimum atomic E-state index is -1.14. The summed E-state index contributed by atoms with van der Waals surface area (Å²) in [6, 6.07) is 14.4. The van der Waals surface area contributed by atoms with Crippen molar-refractivity contribution in [2.24, 2.45) is 0 Å². The van der Waals surface area contributed by atoms with E-state index in [4.69, 9.17) is 4.74 Å². The molecule has 140 valence electrons. The van der Waals surface area contributed by atoms with Gasteiger partial charge in [-0.25, -0.2) is 4.39 Å². The third-order valence-corrected chi connectivity index (χ3v) is 6.42. The summed E-state index contributed by atoms with van der Waals surface area (Å²) in [4.78, 5) is 0. The molecule has 0 amide bonds. The monoisotopic (exact) mass is 375 g/mol. The van der Waals surface area contributed by atoms with E-state index >= 15 is 0 Å². The van der Waals surface area contributed by atoms with Crippen LogP contribution in [-0.2, 0) is 18.0 Å². The molecule has 0 spiro atoms. The molecule has 1 aliphatic heterocycles. The van der Waals surface area contributed by atoms with Gasteiger partial charge in [-0.15, -0.1) is 4.31 Å². The zero-order valence-electron chi connectivity index (χ0n) is 15.6. The SMILES string of the molecule is CC(C)(C)[S+]([O-])N1CCCC1c1cc(F)ccc1OCc1ccccc1. The Kier molecular flexibility index (Phi) is 5.90. The molecule has 5 heteroatoms. The van der Waals surface area contributed by atoms with Crippen molar-refractivity contribution >= 4 is 11.4 Å². The Bertz CT molecular complexity index is 733. The van der Waals surface area contributed by atoms with Crippen LogP contribution < -0.4 is 4.74 Å². The van der Waals surface area contributed by atoms with Gasteiger partial charge in [0, 0.05) is 23.5 Å². The highest BCUT2D eigenvalue weighted by atomic mass is 32.2. The molecule has 3 rings (SSSR count). The average molecular weight is 376 g/mol. The molecule has 26 heavy (non-hydrogen) atoms. The molecule has 2 unspecified atom stereocenters. The summed E-state index contributed by atoms with van der Waals surface area (Å²) in [6.45, 7) is 7.09. The Balaban J connectivity index is 1.85. The summed E-state index contributed by atoms with van der Waals surface area (Å²) >= 11 is -1.14. The lowest BCUT2D eigenvalue weighted by Crippen LogP contribution is -2.42. The number of rotatable bonds is 5. The van der Waals surface area contributed by atoms with Crippen LogP contribution in [0.1, 0.15) is 50.8 Å². The number of ether oxygens (including phenoxy) is 1. The van der Waals surface area contributed by atoms with Gasteiger partial charge >= 0.3 is 0 Å². The standard InChI is InChI=1S/C21H26FNO2S/c1-21(2,3)26(24)23-13-7-10-19(23)18-14-17(22)11-12-20(18)25-15-16-8-5-4-6-9-16/h4-6,8-9,11-12,14,19H,7,10,13,15H2,1-3H3. The molecule has 2 atom stereocenters. The van der Waals surface area contributed by atoms with Crippen molar-refractivity contribution in [2.45, 2.75) is 51.0 Å². The molecule has 1 heterocycles. The van der Waals surface area contributed by atoms with Crippen molar-refractivity contribution in [3.63, 3.8) is 0 Å². The van der Waals surface area contributed by atoms with Crippen LogP contribution in [0, 0.1) is 5.82 Å². The van der Waals surface area contributed by atoms with E-state index in [0.717, 1.165) is 30.5 Å². The van der Waals surface area contributed by atoms with Crippen LogP contribution in [0.25, 0.3) is 0 Å². The molecule has 0 saturated carbocycles. The maximum atomic E-state index is 14.0. The highest BCUT2D eigenvalue weighted by molar-refractivity contribution is 7.90.